The van der Waals surface area contributed by atoms with Crippen LogP contribution in [0.2, 0.25) is 0 Å². The molecule has 0 fully saturated rings. The Morgan fingerprint density at radius 3 is 2.61 bits per heavy atom. The lowest BCUT2D eigenvalue weighted by atomic mass is 10.2. The van der Waals surface area contributed by atoms with Gasteiger partial charge in [0.1, 0.15) is 17.9 Å². The minimum absolute atomic E-state index is 0.184. The second kappa shape index (κ2) is 8.66. The zero-order valence-electron chi connectivity index (χ0n) is 17.6. The average molecular weight is 441 g/mol. The second-order valence-electron chi connectivity index (χ2n) is 7.70. The zero-order chi connectivity index (χ0) is 22.8. The highest BCUT2D eigenvalue weighted by molar-refractivity contribution is 6.07. The fourth-order valence-electron chi connectivity index (χ4n) is 3.96. The van der Waals surface area contributed by atoms with E-state index in [1.54, 1.807) is 47.4 Å². The van der Waals surface area contributed by atoms with Crippen LogP contribution in [0.5, 0.6) is 0 Å². The molecule has 0 spiro atoms. The Hall–Kier alpha value is -4.33. The number of hydrogen-bond acceptors (Lipinski definition) is 4. The van der Waals surface area contributed by atoms with E-state index in [0.717, 1.165) is 21.1 Å². The predicted molar refractivity (Wildman–Crippen MR) is 123 cm³/mol. The molecule has 7 nitrogen and oxygen atoms in total. The molecule has 3 heterocycles. The van der Waals surface area contributed by atoms with Crippen molar-refractivity contribution in [2.75, 3.05) is 0 Å². The Morgan fingerprint density at radius 1 is 0.970 bits per heavy atom. The Balaban J connectivity index is 1.52. The third kappa shape index (κ3) is 3.98. The molecule has 8 heteroatoms. The van der Waals surface area contributed by atoms with Gasteiger partial charge in [0.2, 0.25) is 5.91 Å². The summed E-state index contributed by atoms with van der Waals surface area (Å²) in [5, 5.41) is 8.52. The fraction of sp³-hybridized carbons (Fsp3) is 0.120. The molecule has 0 bridgehead atoms. The second-order valence-corrected chi connectivity index (χ2v) is 7.70. The van der Waals surface area contributed by atoms with Crippen molar-refractivity contribution in [2.24, 2.45) is 0 Å². The number of pyridine rings is 1. The largest absolute Gasteiger partial charge is 0.350 e. The van der Waals surface area contributed by atoms with Crippen molar-refractivity contribution in [3.05, 3.63) is 107 Å². The van der Waals surface area contributed by atoms with Crippen LogP contribution < -0.4 is 10.9 Å². The number of nitrogens with one attached hydrogen (secondary N) is 1. The van der Waals surface area contributed by atoms with Gasteiger partial charge in [-0.25, -0.2) is 9.07 Å². The highest BCUT2D eigenvalue weighted by atomic mass is 19.1. The van der Waals surface area contributed by atoms with Crippen LogP contribution >= 0.6 is 0 Å². The van der Waals surface area contributed by atoms with Crippen molar-refractivity contribution in [2.45, 2.75) is 19.6 Å². The van der Waals surface area contributed by atoms with E-state index in [1.165, 1.54) is 6.07 Å². The van der Waals surface area contributed by atoms with E-state index in [-0.39, 0.29) is 24.8 Å². The smallest absolute Gasteiger partial charge is 0.291 e. The van der Waals surface area contributed by atoms with Gasteiger partial charge in [0.05, 0.1) is 12.7 Å². The molecule has 0 saturated carbocycles. The lowest BCUT2D eigenvalue weighted by molar-refractivity contribution is -0.122. The van der Waals surface area contributed by atoms with Crippen molar-refractivity contribution < 1.29 is 9.18 Å². The molecule has 1 N–H and O–H groups in total. The number of halogens is 1. The number of hydrogen-bond donors (Lipinski definition) is 1. The molecule has 3 aromatic heterocycles. The first-order valence-electron chi connectivity index (χ1n) is 10.5. The average Bonchev–Trinajstić information content (AvgIpc) is 3.16. The number of fused-ring (bicyclic) bond motifs is 3. The number of rotatable bonds is 6. The Morgan fingerprint density at radius 2 is 1.79 bits per heavy atom. The van der Waals surface area contributed by atoms with Crippen molar-refractivity contribution >= 4 is 27.7 Å². The Labute approximate surface area is 188 Å². The molecule has 1 amide bonds. The first kappa shape index (κ1) is 20.6. The number of carbonyl (C=O) groups is 1. The lowest BCUT2D eigenvalue weighted by Gasteiger charge is -2.10. The zero-order valence-corrected chi connectivity index (χ0v) is 17.6. The topological polar surface area (TPSA) is 81.8 Å². The number of carbonyl (C=O) groups excluding carboxylic acids is 1. The molecule has 0 aliphatic carbocycles. The third-order valence-corrected chi connectivity index (χ3v) is 5.57. The van der Waals surface area contributed by atoms with Crippen molar-refractivity contribution in [1.82, 2.24) is 24.6 Å². The monoisotopic (exact) mass is 441 g/mol. The maximum absolute atomic E-state index is 14.4. The molecule has 5 rings (SSSR count). The molecule has 0 saturated heterocycles. The van der Waals surface area contributed by atoms with E-state index in [0.29, 0.717) is 23.0 Å². The standard InChI is InChI=1S/C25H20FN5O2/c26-21-9-3-1-7-18(21)15-30-22-10-4-2-8-19(22)20-14-29-31(25(33)24(20)30)16-23(32)28-13-17-6-5-11-27-12-17/h1-12,14H,13,15-16H2,(H,28,32). The Bertz CT molecular complexity index is 1520. The van der Waals surface area contributed by atoms with Gasteiger partial charge in [0.25, 0.3) is 5.56 Å². The van der Waals surface area contributed by atoms with Gasteiger partial charge in [-0.05, 0) is 23.8 Å². The summed E-state index contributed by atoms with van der Waals surface area (Å²) in [4.78, 5) is 29.9. The first-order valence-corrected chi connectivity index (χ1v) is 10.5. The van der Waals surface area contributed by atoms with Gasteiger partial charge in [-0.2, -0.15) is 5.10 Å². The van der Waals surface area contributed by atoms with E-state index in [1.807, 2.05) is 30.3 Å². The molecule has 0 aliphatic rings. The summed E-state index contributed by atoms with van der Waals surface area (Å²) in [5.74, 6) is -0.683. The number of benzene rings is 2. The molecular formula is C25H20FN5O2. The minimum Gasteiger partial charge on any atom is -0.350 e. The normalized spacial score (nSPS) is 11.2. The van der Waals surface area contributed by atoms with Crippen LogP contribution in [0.4, 0.5) is 4.39 Å². The van der Waals surface area contributed by atoms with Crippen molar-refractivity contribution in [3.8, 4) is 0 Å². The number of aromatic nitrogens is 4. The summed E-state index contributed by atoms with van der Waals surface area (Å²) >= 11 is 0. The summed E-state index contributed by atoms with van der Waals surface area (Å²) in [6.45, 7) is 0.261. The lowest BCUT2D eigenvalue weighted by Crippen LogP contribution is -2.33. The summed E-state index contributed by atoms with van der Waals surface area (Å²) < 4.78 is 17.3. The summed E-state index contributed by atoms with van der Waals surface area (Å²) in [5.41, 5.74) is 2.10. The number of nitrogens with zero attached hydrogens (tertiary/aromatic N) is 4. The van der Waals surface area contributed by atoms with E-state index in [9.17, 15) is 14.0 Å². The van der Waals surface area contributed by atoms with Gasteiger partial charge in [-0.1, -0.05) is 42.5 Å². The number of amides is 1. The van der Waals surface area contributed by atoms with E-state index >= 15 is 0 Å². The summed E-state index contributed by atoms with van der Waals surface area (Å²) in [6, 6.07) is 17.7. The van der Waals surface area contributed by atoms with Gasteiger partial charge in [-0.15, -0.1) is 0 Å². The fourth-order valence-corrected chi connectivity index (χ4v) is 3.96. The molecule has 5 aromatic rings. The summed E-state index contributed by atoms with van der Waals surface area (Å²) in [6.07, 6.45) is 4.91. The van der Waals surface area contributed by atoms with Crippen LogP contribution in [0.3, 0.4) is 0 Å². The van der Waals surface area contributed by atoms with Gasteiger partial charge in [-0.3, -0.25) is 14.6 Å². The highest BCUT2D eigenvalue weighted by Gasteiger charge is 2.18. The quantitative estimate of drug-likeness (QED) is 0.439. The predicted octanol–water partition coefficient (Wildman–Crippen LogP) is 3.25. The highest BCUT2D eigenvalue weighted by Crippen LogP contribution is 2.27. The van der Waals surface area contributed by atoms with Crippen LogP contribution in [0.25, 0.3) is 21.8 Å². The van der Waals surface area contributed by atoms with Gasteiger partial charge < -0.3 is 9.88 Å². The number of para-hydroxylation sites is 1. The molecule has 0 unspecified atom stereocenters. The van der Waals surface area contributed by atoms with Gasteiger partial charge >= 0.3 is 0 Å². The van der Waals surface area contributed by atoms with Gasteiger partial charge in [0, 0.05) is 40.8 Å². The summed E-state index contributed by atoms with van der Waals surface area (Å²) in [7, 11) is 0. The van der Waals surface area contributed by atoms with Crippen molar-refractivity contribution in [1.29, 1.82) is 0 Å². The molecular weight excluding hydrogens is 421 g/mol. The van der Waals surface area contributed by atoms with Crippen LogP contribution in [0.15, 0.2) is 84.0 Å². The Kier molecular flexibility index (Phi) is 5.40. The maximum Gasteiger partial charge on any atom is 0.291 e. The van der Waals surface area contributed by atoms with E-state index in [4.69, 9.17) is 0 Å². The van der Waals surface area contributed by atoms with Gasteiger partial charge in [0.15, 0.2) is 0 Å². The molecule has 0 radical (unpaired) electrons. The maximum atomic E-state index is 14.4. The molecule has 164 valence electrons. The van der Waals surface area contributed by atoms with Crippen LogP contribution in [0, 0.1) is 5.82 Å². The van der Waals surface area contributed by atoms with Crippen LogP contribution in [0.1, 0.15) is 11.1 Å². The molecule has 33 heavy (non-hydrogen) atoms. The third-order valence-electron chi connectivity index (χ3n) is 5.57. The van der Waals surface area contributed by atoms with E-state index in [2.05, 4.69) is 15.4 Å². The first-order chi connectivity index (χ1) is 16.1. The molecule has 0 aliphatic heterocycles. The minimum atomic E-state index is -0.406. The van der Waals surface area contributed by atoms with Crippen LogP contribution in [-0.4, -0.2) is 25.2 Å². The SMILES string of the molecule is O=C(Cn1ncc2c3ccccc3n(Cc3ccccc3F)c2c1=O)NCc1cccnc1. The molecule has 2 aromatic carbocycles. The van der Waals surface area contributed by atoms with Crippen molar-refractivity contribution in [3.63, 3.8) is 0 Å². The van der Waals surface area contributed by atoms with E-state index < -0.39 is 5.56 Å². The van der Waals surface area contributed by atoms with Crippen LogP contribution in [-0.2, 0) is 24.4 Å². The molecule has 0 atom stereocenters.